The predicted molar refractivity (Wildman–Crippen MR) is 84.0 cm³/mol. The van der Waals surface area contributed by atoms with Crippen molar-refractivity contribution in [1.82, 2.24) is 10.3 Å². The molecule has 0 bridgehead atoms. The molecule has 1 saturated heterocycles. The molecule has 1 N–H and O–H groups in total. The molecule has 3 rings (SSSR count). The fraction of sp³-hybridized carbons (Fsp3) is 0.706. The second-order valence-electron chi connectivity index (χ2n) is 6.79. The van der Waals surface area contributed by atoms with Crippen LogP contribution in [0, 0.1) is 11.8 Å². The van der Waals surface area contributed by atoms with E-state index < -0.39 is 0 Å². The molecule has 2 aliphatic rings. The lowest BCUT2D eigenvalue weighted by Gasteiger charge is -2.42. The Morgan fingerprint density at radius 2 is 1.90 bits per heavy atom. The van der Waals surface area contributed by atoms with Gasteiger partial charge in [-0.05, 0) is 49.7 Å². The first-order valence-corrected chi connectivity index (χ1v) is 8.14. The average Bonchev–Trinajstić information content (AvgIpc) is 2.43. The van der Waals surface area contributed by atoms with Crippen molar-refractivity contribution in [3.8, 4) is 0 Å². The van der Waals surface area contributed by atoms with Crippen molar-refractivity contribution < 1.29 is 0 Å². The minimum absolute atomic E-state index is 0.716. The monoisotopic (exact) mass is 273 g/mol. The lowest BCUT2D eigenvalue weighted by Crippen LogP contribution is -2.51. The molecule has 1 aromatic rings. The van der Waals surface area contributed by atoms with Gasteiger partial charge >= 0.3 is 0 Å². The smallest absolute Gasteiger partial charge is 0.128 e. The molecule has 0 radical (unpaired) electrons. The van der Waals surface area contributed by atoms with E-state index in [1.165, 1.54) is 25.7 Å². The molecule has 1 aromatic heterocycles. The van der Waals surface area contributed by atoms with E-state index in [9.17, 15) is 0 Å². The lowest BCUT2D eigenvalue weighted by atomic mass is 9.73. The number of rotatable bonds is 4. The predicted octanol–water partition coefficient (Wildman–Crippen LogP) is 3.07. The topological polar surface area (TPSA) is 28.2 Å². The Morgan fingerprint density at radius 1 is 1.15 bits per heavy atom. The first-order valence-electron chi connectivity index (χ1n) is 8.14. The first kappa shape index (κ1) is 13.9. The average molecular weight is 273 g/mol. The molecule has 110 valence electrons. The Hall–Kier alpha value is -1.09. The molecule has 2 fully saturated rings. The van der Waals surface area contributed by atoms with Crippen LogP contribution in [-0.2, 0) is 0 Å². The van der Waals surface area contributed by atoms with Crippen molar-refractivity contribution in [3.05, 3.63) is 24.4 Å². The number of pyridine rings is 1. The van der Waals surface area contributed by atoms with Gasteiger partial charge in [0.2, 0.25) is 0 Å². The van der Waals surface area contributed by atoms with Crippen LogP contribution in [0.2, 0.25) is 0 Å². The van der Waals surface area contributed by atoms with Gasteiger partial charge in [-0.15, -0.1) is 0 Å². The number of hydrogen-bond donors (Lipinski definition) is 1. The fourth-order valence-electron chi connectivity index (χ4n) is 3.49. The van der Waals surface area contributed by atoms with E-state index in [1.807, 2.05) is 12.3 Å². The van der Waals surface area contributed by atoms with Crippen molar-refractivity contribution in [2.75, 3.05) is 18.0 Å². The highest BCUT2D eigenvalue weighted by atomic mass is 15.2. The first-order chi connectivity index (χ1) is 9.72. The summed E-state index contributed by atoms with van der Waals surface area (Å²) in [6, 6.07) is 7.68. The van der Waals surface area contributed by atoms with E-state index in [0.717, 1.165) is 36.8 Å². The maximum atomic E-state index is 4.45. The molecule has 1 aliphatic carbocycles. The van der Waals surface area contributed by atoms with E-state index in [4.69, 9.17) is 0 Å². The lowest BCUT2D eigenvalue weighted by molar-refractivity contribution is 0.152. The van der Waals surface area contributed by atoms with Gasteiger partial charge in [-0.25, -0.2) is 4.98 Å². The molecule has 0 amide bonds. The van der Waals surface area contributed by atoms with Crippen LogP contribution < -0.4 is 10.2 Å². The van der Waals surface area contributed by atoms with Crippen molar-refractivity contribution >= 4 is 5.82 Å². The number of anilines is 1. The quantitative estimate of drug-likeness (QED) is 0.914. The van der Waals surface area contributed by atoms with E-state index in [2.05, 4.69) is 41.2 Å². The van der Waals surface area contributed by atoms with Gasteiger partial charge in [0, 0.05) is 31.4 Å². The van der Waals surface area contributed by atoms with Crippen LogP contribution in [-0.4, -0.2) is 30.2 Å². The molecular formula is C17H27N3. The number of aromatic nitrogens is 1. The standard InChI is InChI=1S/C17H27N3/c1-13(2)14-11-16(12-14)19-15-6-9-20(10-7-15)17-5-3-4-8-18-17/h3-5,8,13-16,19H,6-7,9-12H2,1-2H3. The zero-order chi connectivity index (χ0) is 13.9. The number of piperidine rings is 1. The highest BCUT2D eigenvalue weighted by Gasteiger charge is 2.33. The fourth-order valence-corrected chi connectivity index (χ4v) is 3.49. The maximum absolute atomic E-state index is 4.45. The number of hydrogen-bond acceptors (Lipinski definition) is 3. The van der Waals surface area contributed by atoms with Gasteiger partial charge in [-0.3, -0.25) is 0 Å². The Labute approximate surface area is 122 Å². The van der Waals surface area contributed by atoms with Crippen LogP contribution in [0.5, 0.6) is 0 Å². The third-order valence-corrected chi connectivity index (χ3v) is 5.06. The summed E-state index contributed by atoms with van der Waals surface area (Å²) >= 11 is 0. The van der Waals surface area contributed by atoms with Gasteiger partial charge in [-0.2, -0.15) is 0 Å². The zero-order valence-corrected chi connectivity index (χ0v) is 12.8. The van der Waals surface area contributed by atoms with E-state index >= 15 is 0 Å². The maximum Gasteiger partial charge on any atom is 0.128 e. The molecule has 1 aliphatic heterocycles. The second kappa shape index (κ2) is 6.13. The molecule has 0 atom stereocenters. The summed E-state index contributed by atoms with van der Waals surface area (Å²) in [6.45, 7) is 6.97. The highest BCUT2D eigenvalue weighted by molar-refractivity contribution is 5.38. The highest BCUT2D eigenvalue weighted by Crippen LogP contribution is 2.34. The Balaban J connectivity index is 1.41. The van der Waals surface area contributed by atoms with Gasteiger partial charge in [0.05, 0.1) is 0 Å². The van der Waals surface area contributed by atoms with Gasteiger partial charge < -0.3 is 10.2 Å². The van der Waals surface area contributed by atoms with E-state index in [1.54, 1.807) is 0 Å². The van der Waals surface area contributed by atoms with E-state index in [-0.39, 0.29) is 0 Å². The van der Waals surface area contributed by atoms with Crippen LogP contribution in [0.3, 0.4) is 0 Å². The molecule has 0 unspecified atom stereocenters. The Bertz CT molecular complexity index is 404. The van der Waals surface area contributed by atoms with E-state index in [0.29, 0.717) is 6.04 Å². The second-order valence-corrected chi connectivity index (χ2v) is 6.79. The van der Waals surface area contributed by atoms with Crippen molar-refractivity contribution in [2.24, 2.45) is 11.8 Å². The van der Waals surface area contributed by atoms with Crippen molar-refractivity contribution in [3.63, 3.8) is 0 Å². The molecule has 0 spiro atoms. The molecular weight excluding hydrogens is 246 g/mol. The third kappa shape index (κ3) is 3.14. The summed E-state index contributed by atoms with van der Waals surface area (Å²) in [5.41, 5.74) is 0. The molecule has 20 heavy (non-hydrogen) atoms. The Kier molecular flexibility index (Phi) is 4.25. The normalized spacial score (nSPS) is 27.6. The van der Waals surface area contributed by atoms with Crippen LogP contribution in [0.15, 0.2) is 24.4 Å². The number of nitrogens with zero attached hydrogens (tertiary/aromatic N) is 2. The largest absolute Gasteiger partial charge is 0.357 e. The molecule has 3 nitrogen and oxygen atoms in total. The van der Waals surface area contributed by atoms with Crippen molar-refractivity contribution in [1.29, 1.82) is 0 Å². The summed E-state index contributed by atoms with van der Waals surface area (Å²) < 4.78 is 0. The molecule has 3 heteroatoms. The van der Waals surface area contributed by atoms with Crippen LogP contribution in [0.1, 0.15) is 39.5 Å². The minimum atomic E-state index is 0.716. The Morgan fingerprint density at radius 3 is 2.50 bits per heavy atom. The minimum Gasteiger partial charge on any atom is -0.357 e. The molecule has 0 aromatic carbocycles. The van der Waals surface area contributed by atoms with Crippen LogP contribution >= 0.6 is 0 Å². The molecule has 1 saturated carbocycles. The summed E-state index contributed by atoms with van der Waals surface area (Å²) in [5, 5.41) is 3.87. The van der Waals surface area contributed by atoms with Crippen molar-refractivity contribution in [2.45, 2.75) is 51.6 Å². The van der Waals surface area contributed by atoms with Gasteiger partial charge in [0.1, 0.15) is 5.82 Å². The zero-order valence-electron chi connectivity index (χ0n) is 12.8. The van der Waals surface area contributed by atoms with Crippen LogP contribution in [0.4, 0.5) is 5.82 Å². The third-order valence-electron chi connectivity index (χ3n) is 5.06. The summed E-state index contributed by atoms with van der Waals surface area (Å²) in [4.78, 5) is 6.86. The van der Waals surface area contributed by atoms with Crippen LogP contribution in [0.25, 0.3) is 0 Å². The van der Waals surface area contributed by atoms with Gasteiger partial charge in [0.15, 0.2) is 0 Å². The summed E-state index contributed by atoms with van der Waals surface area (Å²) in [5.74, 6) is 2.95. The summed E-state index contributed by atoms with van der Waals surface area (Å²) in [7, 11) is 0. The number of nitrogens with one attached hydrogen (secondary N) is 1. The van der Waals surface area contributed by atoms with Gasteiger partial charge in [-0.1, -0.05) is 19.9 Å². The summed E-state index contributed by atoms with van der Waals surface area (Å²) in [6.07, 6.45) is 7.16. The van der Waals surface area contributed by atoms with Gasteiger partial charge in [0.25, 0.3) is 0 Å². The molecule has 2 heterocycles. The SMILES string of the molecule is CC(C)C1CC(NC2CCN(c3ccccn3)CC2)C1.